The molecule has 274 valence electrons. The van der Waals surface area contributed by atoms with Crippen LogP contribution in [0.25, 0.3) is 22.3 Å². The average Bonchev–Trinajstić information content (AvgIpc) is 3.07. The highest BCUT2D eigenvalue weighted by atomic mass is 28.4. The van der Waals surface area contributed by atoms with Gasteiger partial charge in [-0.05, 0) is 75.7 Å². The third kappa shape index (κ3) is 10.9. The molecular formula is C38H52N6O6Si. The lowest BCUT2D eigenvalue weighted by molar-refractivity contribution is 0.0527. The number of amides is 2. The van der Waals surface area contributed by atoms with Crippen molar-refractivity contribution in [2.75, 3.05) is 45.4 Å². The van der Waals surface area contributed by atoms with Crippen LogP contribution in [0.5, 0.6) is 11.5 Å². The summed E-state index contributed by atoms with van der Waals surface area (Å²) in [6.45, 7) is 18.4. The van der Waals surface area contributed by atoms with E-state index in [1.807, 2.05) is 36.4 Å². The quantitative estimate of drug-likeness (QED) is 0.0996. The van der Waals surface area contributed by atoms with E-state index in [0.717, 1.165) is 16.9 Å². The van der Waals surface area contributed by atoms with Crippen LogP contribution in [0.4, 0.5) is 16.2 Å². The van der Waals surface area contributed by atoms with E-state index in [1.165, 1.54) is 0 Å². The first-order chi connectivity index (χ1) is 24.0. The van der Waals surface area contributed by atoms with Crippen LogP contribution in [-0.2, 0) is 9.16 Å². The minimum atomic E-state index is -1.99. The Labute approximate surface area is 302 Å². The maximum absolute atomic E-state index is 12.9. The summed E-state index contributed by atoms with van der Waals surface area (Å²) in [5, 5.41) is 5.62. The zero-order valence-electron chi connectivity index (χ0n) is 31.5. The van der Waals surface area contributed by atoms with Gasteiger partial charge in [0, 0.05) is 61.0 Å². The van der Waals surface area contributed by atoms with Crippen LogP contribution in [-0.4, -0.2) is 81.3 Å². The summed E-state index contributed by atoms with van der Waals surface area (Å²) < 4.78 is 23.0. The molecule has 0 spiro atoms. The predicted molar refractivity (Wildman–Crippen MR) is 204 cm³/mol. The van der Waals surface area contributed by atoms with Gasteiger partial charge < -0.3 is 34.2 Å². The Balaban J connectivity index is 1.55. The molecule has 0 saturated heterocycles. The van der Waals surface area contributed by atoms with Gasteiger partial charge in [0.1, 0.15) is 22.8 Å². The molecule has 0 aliphatic rings. The van der Waals surface area contributed by atoms with Crippen molar-refractivity contribution in [2.24, 2.45) is 0 Å². The Morgan fingerprint density at radius 2 is 1.51 bits per heavy atom. The fourth-order valence-electron chi connectivity index (χ4n) is 4.87. The van der Waals surface area contributed by atoms with Crippen molar-refractivity contribution in [3.8, 4) is 22.8 Å². The first-order valence-electron chi connectivity index (χ1n) is 17.1. The number of anilines is 2. The van der Waals surface area contributed by atoms with E-state index >= 15 is 0 Å². The predicted octanol–water partition coefficient (Wildman–Crippen LogP) is 7.51. The fourth-order valence-corrected chi connectivity index (χ4v) is 5.91. The summed E-state index contributed by atoms with van der Waals surface area (Å²) in [4.78, 5) is 40.8. The van der Waals surface area contributed by atoms with Gasteiger partial charge in [-0.15, -0.1) is 0 Å². The smallest absolute Gasteiger partial charge is 0.407 e. The summed E-state index contributed by atoms with van der Waals surface area (Å²) in [5.74, 6) is 1.03. The number of carbonyl (C=O) groups excluding carboxylic acids is 2. The van der Waals surface area contributed by atoms with Gasteiger partial charge in [0.15, 0.2) is 8.32 Å². The maximum atomic E-state index is 12.9. The molecule has 2 N–H and O–H groups in total. The molecule has 2 aromatic heterocycles. The van der Waals surface area contributed by atoms with E-state index in [4.69, 9.17) is 23.6 Å². The van der Waals surface area contributed by atoms with Crippen LogP contribution in [0.3, 0.4) is 0 Å². The SMILES string of the molecule is COc1cc(OC)cc(N(CCO[Si](C)(C)C(C)(C)C)c2ccc3ncc(-c4ccnc(C(=O)NCCCNC(=O)OC(C)(C)C)c4)nc3c2)c1. The van der Waals surface area contributed by atoms with Gasteiger partial charge in [-0.25, -0.2) is 9.78 Å². The van der Waals surface area contributed by atoms with E-state index in [0.29, 0.717) is 60.9 Å². The van der Waals surface area contributed by atoms with Crippen molar-refractivity contribution in [3.63, 3.8) is 0 Å². The first kappa shape index (κ1) is 39.0. The number of nitrogens with one attached hydrogen (secondary N) is 2. The monoisotopic (exact) mass is 716 g/mol. The number of aromatic nitrogens is 3. The van der Waals surface area contributed by atoms with Gasteiger partial charge in [0.05, 0.1) is 43.8 Å². The summed E-state index contributed by atoms with van der Waals surface area (Å²) in [7, 11) is 1.29. The van der Waals surface area contributed by atoms with Crippen molar-refractivity contribution >= 4 is 42.7 Å². The van der Waals surface area contributed by atoms with E-state index in [-0.39, 0.29) is 16.6 Å². The van der Waals surface area contributed by atoms with Crippen LogP contribution < -0.4 is 25.0 Å². The molecule has 12 nitrogen and oxygen atoms in total. The zero-order chi connectivity index (χ0) is 37.4. The molecule has 0 atom stereocenters. The number of benzene rings is 2. The Hall–Kier alpha value is -4.75. The second-order valence-electron chi connectivity index (χ2n) is 14.7. The molecule has 0 radical (unpaired) electrons. The Bertz CT molecular complexity index is 1800. The normalized spacial score (nSPS) is 12.0. The summed E-state index contributed by atoms with van der Waals surface area (Å²) in [5.41, 5.74) is 4.21. The number of pyridine rings is 1. The molecule has 0 saturated carbocycles. The summed E-state index contributed by atoms with van der Waals surface area (Å²) in [6.07, 6.45) is 3.32. The van der Waals surface area contributed by atoms with Gasteiger partial charge in [-0.2, -0.15) is 0 Å². The minimum absolute atomic E-state index is 0.0835. The molecule has 51 heavy (non-hydrogen) atoms. The molecule has 2 heterocycles. The lowest BCUT2D eigenvalue weighted by Crippen LogP contribution is -2.42. The van der Waals surface area contributed by atoms with Gasteiger partial charge in [-0.1, -0.05) is 20.8 Å². The summed E-state index contributed by atoms with van der Waals surface area (Å²) in [6, 6.07) is 15.3. The zero-order valence-corrected chi connectivity index (χ0v) is 32.5. The number of ether oxygens (including phenoxy) is 3. The molecule has 2 aromatic carbocycles. The van der Waals surface area contributed by atoms with E-state index in [2.05, 4.69) is 59.4 Å². The molecule has 0 bridgehead atoms. The summed E-state index contributed by atoms with van der Waals surface area (Å²) >= 11 is 0. The second-order valence-corrected chi connectivity index (χ2v) is 19.5. The van der Waals surface area contributed by atoms with Gasteiger partial charge in [-0.3, -0.25) is 14.8 Å². The molecule has 0 fully saturated rings. The molecular weight excluding hydrogens is 665 g/mol. The molecule has 4 rings (SSSR count). The molecule has 0 aliphatic heterocycles. The third-order valence-corrected chi connectivity index (χ3v) is 13.2. The standard InChI is InChI=1S/C38H52N6O6Si/c1-37(2,3)50-36(46)41-16-11-15-40-35(45)33-20-26(14-17-39-33)34-25-42-31-13-12-27(23-32(31)43-34)44(18-19-49-51(9,10)38(4,5)6)28-21-29(47-7)24-30(22-28)48-8/h12-14,17,20-25H,11,15-16,18-19H2,1-10H3,(H,40,45)(H,41,46). The second kappa shape index (κ2) is 16.5. The van der Waals surface area contributed by atoms with Gasteiger partial charge in [0.25, 0.3) is 5.91 Å². The van der Waals surface area contributed by atoms with Crippen molar-refractivity contribution in [3.05, 3.63) is 66.6 Å². The number of nitrogens with zero attached hydrogens (tertiary/aromatic N) is 4. The molecule has 0 aliphatic carbocycles. The van der Waals surface area contributed by atoms with Crippen LogP contribution in [0.1, 0.15) is 58.5 Å². The number of hydrogen-bond acceptors (Lipinski definition) is 10. The topological polar surface area (TPSA) is 137 Å². The van der Waals surface area contributed by atoms with Crippen LogP contribution in [0, 0.1) is 0 Å². The molecule has 4 aromatic rings. The lowest BCUT2D eigenvalue weighted by Gasteiger charge is -2.37. The van der Waals surface area contributed by atoms with E-state index in [9.17, 15) is 9.59 Å². The Morgan fingerprint density at radius 3 is 2.16 bits per heavy atom. The van der Waals surface area contributed by atoms with E-state index < -0.39 is 20.0 Å². The highest BCUT2D eigenvalue weighted by Gasteiger charge is 2.37. The average molecular weight is 717 g/mol. The fraction of sp³-hybridized carbons (Fsp3) is 0.447. The van der Waals surface area contributed by atoms with Crippen molar-refractivity contribution < 1.29 is 28.2 Å². The molecule has 0 unspecified atom stereocenters. The number of fused-ring (bicyclic) bond motifs is 1. The largest absolute Gasteiger partial charge is 0.497 e. The lowest BCUT2D eigenvalue weighted by atomic mass is 10.1. The number of rotatable bonds is 14. The number of hydrogen-bond donors (Lipinski definition) is 2. The van der Waals surface area contributed by atoms with Crippen LogP contribution in [0.15, 0.2) is 60.9 Å². The van der Waals surface area contributed by atoms with Crippen molar-refractivity contribution in [1.82, 2.24) is 25.6 Å². The molecule has 2 amide bonds. The molecule has 13 heteroatoms. The minimum Gasteiger partial charge on any atom is -0.497 e. The van der Waals surface area contributed by atoms with Crippen molar-refractivity contribution in [1.29, 1.82) is 0 Å². The number of methoxy groups -OCH3 is 2. The number of carbonyl (C=O) groups is 2. The highest BCUT2D eigenvalue weighted by Crippen LogP contribution is 2.38. The van der Waals surface area contributed by atoms with Crippen molar-refractivity contribution in [2.45, 2.75) is 71.7 Å². The van der Waals surface area contributed by atoms with Gasteiger partial charge in [0.2, 0.25) is 0 Å². The maximum Gasteiger partial charge on any atom is 0.407 e. The van der Waals surface area contributed by atoms with Gasteiger partial charge >= 0.3 is 6.09 Å². The number of alkyl carbamates (subject to hydrolysis) is 1. The Morgan fingerprint density at radius 1 is 0.824 bits per heavy atom. The first-order valence-corrected chi connectivity index (χ1v) is 20.0. The Kier molecular flexibility index (Phi) is 12.6. The highest BCUT2D eigenvalue weighted by molar-refractivity contribution is 6.74. The van der Waals surface area contributed by atoms with E-state index in [1.54, 1.807) is 59.5 Å². The third-order valence-electron chi connectivity index (χ3n) is 8.67. The van der Waals surface area contributed by atoms with Crippen LogP contribution in [0.2, 0.25) is 18.1 Å². The van der Waals surface area contributed by atoms with Crippen LogP contribution >= 0.6 is 0 Å².